The highest BCUT2D eigenvalue weighted by atomic mass is 19.1. The largest absolute Gasteiger partial charge is 0.369 e. The van der Waals surface area contributed by atoms with E-state index in [2.05, 4.69) is 49.6 Å². The van der Waals surface area contributed by atoms with Gasteiger partial charge in [-0.2, -0.15) is 4.98 Å². The lowest BCUT2D eigenvalue weighted by molar-refractivity contribution is 0.313. The van der Waals surface area contributed by atoms with Crippen LogP contribution in [0.4, 0.5) is 27.5 Å². The lowest BCUT2D eigenvalue weighted by Crippen LogP contribution is -2.44. The molecule has 2 fully saturated rings. The van der Waals surface area contributed by atoms with Gasteiger partial charge in [-0.25, -0.2) is 9.37 Å². The van der Waals surface area contributed by atoms with E-state index in [1.165, 1.54) is 31.1 Å². The second-order valence-electron chi connectivity index (χ2n) is 7.84. The Kier molecular flexibility index (Phi) is 5.90. The fourth-order valence-electron chi connectivity index (χ4n) is 3.94. The Morgan fingerprint density at radius 3 is 2.64 bits per heavy atom. The lowest BCUT2D eigenvalue weighted by Gasteiger charge is -2.34. The molecule has 1 aliphatic carbocycles. The Morgan fingerprint density at radius 1 is 1.07 bits per heavy atom. The second-order valence-corrected chi connectivity index (χ2v) is 7.84. The van der Waals surface area contributed by atoms with Gasteiger partial charge in [0.2, 0.25) is 5.95 Å². The number of nitrogens with zero attached hydrogens (tertiary/aromatic N) is 4. The maximum absolute atomic E-state index is 14.2. The number of benzene rings is 1. The molecule has 1 saturated heterocycles. The SMILES string of the molecule is CN1CCN(c2cccc(Nc3ncc(F)c(NC4CCCCC4)n3)c2)CC1. The van der Waals surface area contributed by atoms with Gasteiger partial charge in [0, 0.05) is 43.6 Å². The molecule has 4 rings (SSSR count). The zero-order valence-corrected chi connectivity index (χ0v) is 16.5. The first-order chi connectivity index (χ1) is 13.7. The first-order valence-corrected chi connectivity index (χ1v) is 10.3. The van der Waals surface area contributed by atoms with Gasteiger partial charge in [0.15, 0.2) is 11.6 Å². The Labute approximate surface area is 166 Å². The van der Waals surface area contributed by atoms with Gasteiger partial charge in [-0.15, -0.1) is 0 Å². The van der Waals surface area contributed by atoms with Gasteiger partial charge >= 0.3 is 0 Å². The number of likely N-dealkylation sites (N-methyl/N-ethyl adjacent to an activating group) is 1. The maximum atomic E-state index is 14.2. The molecular weight excluding hydrogens is 355 g/mol. The minimum Gasteiger partial charge on any atom is -0.369 e. The van der Waals surface area contributed by atoms with Crippen molar-refractivity contribution in [2.75, 3.05) is 48.8 Å². The highest BCUT2D eigenvalue weighted by molar-refractivity contribution is 5.62. The summed E-state index contributed by atoms with van der Waals surface area (Å²) in [5, 5.41) is 6.49. The van der Waals surface area contributed by atoms with Gasteiger partial charge in [-0.1, -0.05) is 25.3 Å². The van der Waals surface area contributed by atoms with Crippen molar-refractivity contribution < 1.29 is 4.39 Å². The highest BCUT2D eigenvalue weighted by Gasteiger charge is 2.17. The smallest absolute Gasteiger partial charge is 0.229 e. The first kappa shape index (κ1) is 18.9. The molecule has 6 nitrogen and oxygen atoms in total. The molecule has 0 amide bonds. The van der Waals surface area contributed by atoms with Gasteiger partial charge in [0.05, 0.1) is 6.20 Å². The molecule has 1 aromatic heterocycles. The molecule has 7 heteroatoms. The van der Waals surface area contributed by atoms with Crippen LogP contribution in [-0.2, 0) is 0 Å². The third-order valence-corrected chi connectivity index (χ3v) is 5.66. The number of rotatable bonds is 5. The van der Waals surface area contributed by atoms with E-state index < -0.39 is 5.82 Å². The van der Waals surface area contributed by atoms with Crippen molar-refractivity contribution in [3.63, 3.8) is 0 Å². The van der Waals surface area contributed by atoms with Crippen LogP contribution in [0.25, 0.3) is 0 Å². The summed E-state index contributed by atoms with van der Waals surface area (Å²) >= 11 is 0. The topological polar surface area (TPSA) is 56.3 Å². The van der Waals surface area contributed by atoms with Gasteiger partial charge in [-0.3, -0.25) is 0 Å². The highest BCUT2D eigenvalue weighted by Crippen LogP contribution is 2.25. The Morgan fingerprint density at radius 2 is 1.86 bits per heavy atom. The van der Waals surface area contributed by atoms with Gasteiger partial charge in [0.25, 0.3) is 0 Å². The Balaban J connectivity index is 1.45. The molecule has 28 heavy (non-hydrogen) atoms. The Hall–Kier alpha value is -2.41. The van der Waals surface area contributed by atoms with E-state index in [1.807, 2.05) is 12.1 Å². The molecule has 150 valence electrons. The molecular formula is C21H29FN6. The maximum Gasteiger partial charge on any atom is 0.229 e. The minimum atomic E-state index is -0.401. The van der Waals surface area contributed by atoms with Crippen LogP contribution in [0.15, 0.2) is 30.5 Å². The van der Waals surface area contributed by atoms with Crippen molar-refractivity contribution in [3.05, 3.63) is 36.3 Å². The third kappa shape index (κ3) is 4.70. The average Bonchev–Trinajstić information content (AvgIpc) is 2.72. The first-order valence-electron chi connectivity index (χ1n) is 10.3. The zero-order chi connectivity index (χ0) is 19.3. The molecule has 2 aliphatic rings. The third-order valence-electron chi connectivity index (χ3n) is 5.66. The van der Waals surface area contributed by atoms with E-state index in [0.717, 1.165) is 44.7 Å². The summed E-state index contributed by atoms with van der Waals surface area (Å²) in [4.78, 5) is 13.2. The summed E-state index contributed by atoms with van der Waals surface area (Å²) in [5.41, 5.74) is 2.09. The van der Waals surface area contributed by atoms with Crippen LogP contribution in [0.2, 0.25) is 0 Å². The van der Waals surface area contributed by atoms with Crippen LogP contribution in [0, 0.1) is 5.82 Å². The monoisotopic (exact) mass is 384 g/mol. The van der Waals surface area contributed by atoms with E-state index in [-0.39, 0.29) is 0 Å². The minimum absolute atomic E-state index is 0.291. The summed E-state index contributed by atoms with van der Waals surface area (Å²) < 4.78 is 14.2. The van der Waals surface area contributed by atoms with Crippen LogP contribution in [0.1, 0.15) is 32.1 Å². The molecule has 0 unspecified atom stereocenters. The number of halogens is 1. The van der Waals surface area contributed by atoms with E-state index in [4.69, 9.17) is 0 Å². The standard InChI is InChI=1S/C21H29FN6/c1-27-10-12-28(13-11-27)18-9-5-8-17(14-18)25-21-23-15-19(22)20(26-21)24-16-6-3-2-4-7-16/h5,8-9,14-16H,2-4,6-7,10-13H2,1H3,(H2,23,24,25,26). The number of anilines is 4. The second kappa shape index (κ2) is 8.73. The van der Waals surface area contributed by atoms with Gasteiger partial charge < -0.3 is 20.4 Å². The van der Waals surface area contributed by atoms with Crippen LogP contribution < -0.4 is 15.5 Å². The number of piperazine rings is 1. The average molecular weight is 385 g/mol. The van der Waals surface area contributed by atoms with Crippen LogP contribution in [0.3, 0.4) is 0 Å². The van der Waals surface area contributed by atoms with E-state index in [1.54, 1.807) is 0 Å². The molecule has 2 heterocycles. The quantitative estimate of drug-likeness (QED) is 0.817. The van der Waals surface area contributed by atoms with Crippen molar-refractivity contribution in [2.45, 2.75) is 38.1 Å². The van der Waals surface area contributed by atoms with Crippen molar-refractivity contribution in [1.29, 1.82) is 0 Å². The van der Waals surface area contributed by atoms with Crippen LogP contribution >= 0.6 is 0 Å². The van der Waals surface area contributed by atoms with Crippen molar-refractivity contribution in [2.24, 2.45) is 0 Å². The predicted molar refractivity (Wildman–Crippen MR) is 112 cm³/mol. The van der Waals surface area contributed by atoms with Crippen molar-refractivity contribution >= 4 is 23.1 Å². The number of nitrogens with one attached hydrogen (secondary N) is 2. The van der Waals surface area contributed by atoms with E-state index >= 15 is 0 Å². The fourth-order valence-corrected chi connectivity index (χ4v) is 3.94. The molecule has 0 spiro atoms. The number of aromatic nitrogens is 2. The van der Waals surface area contributed by atoms with E-state index in [0.29, 0.717) is 17.8 Å². The van der Waals surface area contributed by atoms with Gasteiger partial charge in [-0.05, 0) is 38.1 Å². The van der Waals surface area contributed by atoms with Crippen LogP contribution in [0.5, 0.6) is 0 Å². The predicted octanol–water partition coefficient (Wildman–Crippen LogP) is 3.86. The summed E-state index contributed by atoms with van der Waals surface area (Å²) in [5.74, 6) is 0.303. The van der Waals surface area contributed by atoms with Gasteiger partial charge in [0.1, 0.15) is 0 Å². The molecule has 2 N–H and O–H groups in total. The normalized spacial score (nSPS) is 18.9. The summed E-state index contributed by atoms with van der Waals surface area (Å²) in [6.07, 6.45) is 7.02. The number of hydrogen-bond acceptors (Lipinski definition) is 6. The van der Waals surface area contributed by atoms with Crippen molar-refractivity contribution in [1.82, 2.24) is 14.9 Å². The van der Waals surface area contributed by atoms with E-state index in [9.17, 15) is 4.39 Å². The molecule has 2 aromatic rings. The lowest BCUT2D eigenvalue weighted by atomic mass is 9.95. The van der Waals surface area contributed by atoms with Crippen molar-refractivity contribution in [3.8, 4) is 0 Å². The summed E-state index contributed by atoms with van der Waals surface area (Å²) in [7, 11) is 2.15. The molecule has 1 aromatic carbocycles. The summed E-state index contributed by atoms with van der Waals surface area (Å²) in [6.45, 7) is 4.16. The molecule has 0 bridgehead atoms. The molecule has 0 atom stereocenters. The fraction of sp³-hybridized carbons (Fsp3) is 0.524. The number of hydrogen-bond donors (Lipinski definition) is 2. The summed E-state index contributed by atoms with van der Waals surface area (Å²) in [6, 6.07) is 8.54. The molecule has 1 saturated carbocycles. The molecule has 1 aliphatic heterocycles. The Bertz CT molecular complexity index is 784. The molecule has 0 radical (unpaired) electrons. The zero-order valence-electron chi connectivity index (χ0n) is 16.5. The van der Waals surface area contributed by atoms with Crippen LogP contribution in [-0.4, -0.2) is 54.1 Å².